The molecule has 1 aliphatic heterocycles. The fourth-order valence-corrected chi connectivity index (χ4v) is 4.67. The van der Waals surface area contributed by atoms with E-state index in [0.29, 0.717) is 25.2 Å². The standard InChI is InChI=1S/C27H36N2O4/c1-8-28-26(32)29-14-13-20-17(3)22(19-11-9-16(2)10-12-19)23(18(4)21(20)15-29)24(25(30)31)33-27(5,6)7/h9-12,24H,8,13-15H2,1-7H3,(H,28,32)(H,30,31)/t24-/m0/s1. The third-order valence-electron chi connectivity index (χ3n) is 6.21. The molecule has 2 aromatic carbocycles. The predicted octanol–water partition coefficient (Wildman–Crippen LogP) is 5.31. The van der Waals surface area contributed by atoms with E-state index in [1.807, 2.05) is 65.8 Å². The number of carbonyl (C=O) groups excluding carboxylic acids is 1. The number of fused-ring (bicyclic) bond motifs is 1. The number of nitrogens with zero attached hydrogens (tertiary/aromatic N) is 1. The molecular formula is C27H36N2O4. The van der Waals surface area contributed by atoms with Gasteiger partial charge in [-0.2, -0.15) is 0 Å². The number of rotatable bonds is 5. The average molecular weight is 453 g/mol. The van der Waals surface area contributed by atoms with Gasteiger partial charge in [0.15, 0.2) is 6.10 Å². The minimum atomic E-state index is -1.12. The van der Waals surface area contributed by atoms with Crippen LogP contribution in [-0.4, -0.2) is 40.7 Å². The highest BCUT2D eigenvalue weighted by Gasteiger charge is 2.35. The van der Waals surface area contributed by atoms with E-state index in [-0.39, 0.29) is 6.03 Å². The second-order valence-electron chi connectivity index (χ2n) is 9.82. The van der Waals surface area contributed by atoms with Gasteiger partial charge < -0.3 is 20.1 Å². The largest absolute Gasteiger partial charge is 0.479 e. The van der Waals surface area contributed by atoms with Gasteiger partial charge in [-0.1, -0.05) is 29.8 Å². The minimum Gasteiger partial charge on any atom is -0.479 e. The number of ether oxygens (including phenoxy) is 1. The Labute approximate surface area is 196 Å². The summed E-state index contributed by atoms with van der Waals surface area (Å²) in [5.41, 5.74) is 7.26. The fraction of sp³-hybridized carbons (Fsp3) is 0.481. The molecule has 2 N–H and O–H groups in total. The van der Waals surface area contributed by atoms with Gasteiger partial charge in [0.1, 0.15) is 0 Å². The van der Waals surface area contributed by atoms with Crippen molar-refractivity contribution in [1.29, 1.82) is 0 Å². The Hall–Kier alpha value is -2.86. The van der Waals surface area contributed by atoms with Crippen molar-refractivity contribution in [2.24, 2.45) is 0 Å². The molecule has 6 heteroatoms. The highest BCUT2D eigenvalue weighted by Crippen LogP contribution is 2.42. The number of aryl methyl sites for hydroxylation is 1. The zero-order valence-electron chi connectivity index (χ0n) is 20.8. The molecule has 6 nitrogen and oxygen atoms in total. The number of hydrogen-bond donors (Lipinski definition) is 2. The first-order chi connectivity index (χ1) is 15.4. The average Bonchev–Trinajstić information content (AvgIpc) is 2.74. The van der Waals surface area contributed by atoms with Crippen molar-refractivity contribution in [1.82, 2.24) is 10.2 Å². The molecule has 2 aromatic rings. The van der Waals surface area contributed by atoms with E-state index in [1.54, 1.807) is 4.90 Å². The van der Waals surface area contributed by atoms with E-state index >= 15 is 0 Å². The van der Waals surface area contributed by atoms with Crippen LogP contribution in [0.1, 0.15) is 67.2 Å². The monoisotopic (exact) mass is 452 g/mol. The number of benzene rings is 2. The molecule has 0 saturated heterocycles. The van der Waals surface area contributed by atoms with Crippen LogP contribution in [0.15, 0.2) is 24.3 Å². The predicted molar refractivity (Wildman–Crippen MR) is 130 cm³/mol. The van der Waals surface area contributed by atoms with Crippen LogP contribution in [0, 0.1) is 20.8 Å². The first-order valence-electron chi connectivity index (χ1n) is 11.6. The summed E-state index contributed by atoms with van der Waals surface area (Å²) in [6, 6.07) is 8.10. The topological polar surface area (TPSA) is 78.9 Å². The van der Waals surface area contributed by atoms with Crippen LogP contribution in [0.2, 0.25) is 0 Å². The molecule has 0 bridgehead atoms. The Bertz CT molecular complexity index is 1050. The third-order valence-corrected chi connectivity index (χ3v) is 6.21. The number of amides is 2. The summed E-state index contributed by atoms with van der Waals surface area (Å²) in [4.78, 5) is 26.8. The van der Waals surface area contributed by atoms with Crippen molar-refractivity contribution >= 4 is 12.0 Å². The molecule has 178 valence electrons. The molecule has 0 fully saturated rings. The van der Waals surface area contributed by atoms with Crippen LogP contribution < -0.4 is 5.32 Å². The molecular weight excluding hydrogens is 416 g/mol. The molecule has 0 unspecified atom stereocenters. The van der Waals surface area contributed by atoms with Crippen LogP contribution in [0.5, 0.6) is 0 Å². The molecule has 3 rings (SSSR count). The normalized spacial score (nSPS) is 14.6. The molecule has 0 radical (unpaired) electrons. The van der Waals surface area contributed by atoms with Crippen molar-refractivity contribution < 1.29 is 19.4 Å². The van der Waals surface area contributed by atoms with Crippen molar-refractivity contribution in [3.05, 3.63) is 57.6 Å². The van der Waals surface area contributed by atoms with Crippen molar-refractivity contribution in [2.45, 2.75) is 73.1 Å². The molecule has 1 atom stereocenters. The Kier molecular flexibility index (Phi) is 7.17. The number of carboxylic acid groups (broad SMARTS) is 1. The van der Waals surface area contributed by atoms with Gasteiger partial charge in [0.2, 0.25) is 0 Å². The lowest BCUT2D eigenvalue weighted by Crippen LogP contribution is -2.43. The summed E-state index contributed by atoms with van der Waals surface area (Å²) in [6.07, 6.45) is -0.388. The first kappa shape index (κ1) is 24.8. The maximum atomic E-state index is 12.5. The van der Waals surface area contributed by atoms with Crippen LogP contribution in [0.4, 0.5) is 4.79 Å². The van der Waals surface area contributed by atoms with E-state index < -0.39 is 17.7 Å². The maximum absolute atomic E-state index is 12.5. The molecule has 0 saturated carbocycles. The Morgan fingerprint density at radius 2 is 1.73 bits per heavy atom. The molecule has 1 heterocycles. The maximum Gasteiger partial charge on any atom is 0.337 e. The van der Waals surface area contributed by atoms with Crippen LogP contribution >= 0.6 is 0 Å². The lowest BCUT2D eigenvalue weighted by Gasteiger charge is -2.35. The Morgan fingerprint density at radius 3 is 2.27 bits per heavy atom. The lowest BCUT2D eigenvalue weighted by molar-refractivity contribution is -0.160. The second-order valence-corrected chi connectivity index (χ2v) is 9.82. The van der Waals surface area contributed by atoms with Gasteiger partial charge in [-0.15, -0.1) is 0 Å². The first-order valence-corrected chi connectivity index (χ1v) is 11.6. The number of carbonyl (C=O) groups is 2. The third kappa shape index (κ3) is 5.22. The summed E-state index contributed by atoms with van der Waals surface area (Å²) in [6.45, 7) is 15.2. The minimum absolute atomic E-state index is 0.0925. The van der Waals surface area contributed by atoms with Gasteiger partial charge in [-0.05, 0) is 88.3 Å². The van der Waals surface area contributed by atoms with Crippen LogP contribution in [-0.2, 0) is 22.5 Å². The van der Waals surface area contributed by atoms with Gasteiger partial charge in [0.05, 0.1) is 5.60 Å². The number of hydrogen-bond acceptors (Lipinski definition) is 3. The van der Waals surface area contributed by atoms with Crippen LogP contribution in [0.3, 0.4) is 0 Å². The molecule has 1 aliphatic rings. The lowest BCUT2D eigenvalue weighted by atomic mass is 9.80. The smallest absolute Gasteiger partial charge is 0.337 e. The van der Waals surface area contributed by atoms with Gasteiger partial charge in [-0.25, -0.2) is 9.59 Å². The number of nitrogens with one attached hydrogen (secondary N) is 1. The molecule has 2 amide bonds. The highest BCUT2D eigenvalue weighted by molar-refractivity contribution is 5.84. The molecule has 33 heavy (non-hydrogen) atoms. The quantitative estimate of drug-likeness (QED) is 0.645. The summed E-state index contributed by atoms with van der Waals surface area (Å²) < 4.78 is 6.12. The van der Waals surface area contributed by atoms with Crippen molar-refractivity contribution in [2.75, 3.05) is 13.1 Å². The summed E-state index contributed by atoms with van der Waals surface area (Å²) >= 11 is 0. The fourth-order valence-electron chi connectivity index (χ4n) is 4.67. The van der Waals surface area contributed by atoms with E-state index in [9.17, 15) is 14.7 Å². The zero-order valence-corrected chi connectivity index (χ0v) is 20.8. The summed E-state index contributed by atoms with van der Waals surface area (Å²) in [5, 5.41) is 13.1. The van der Waals surface area contributed by atoms with Crippen molar-refractivity contribution in [3.8, 4) is 11.1 Å². The summed E-state index contributed by atoms with van der Waals surface area (Å²) in [5.74, 6) is -1.02. The van der Waals surface area contributed by atoms with Gasteiger partial charge in [0, 0.05) is 25.2 Å². The van der Waals surface area contributed by atoms with Crippen molar-refractivity contribution in [3.63, 3.8) is 0 Å². The van der Waals surface area contributed by atoms with Gasteiger partial charge in [0.25, 0.3) is 0 Å². The number of aliphatic carboxylic acids is 1. The second kappa shape index (κ2) is 9.56. The van der Waals surface area contributed by atoms with E-state index in [2.05, 4.69) is 12.2 Å². The number of carboxylic acids is 1. The number of urea groups is 1. The van der Waals surface area contributed by atoms with Crippen LogP contribution in [0.25, 0.3) is 11.1 Å². The van der Waals surface area contributed by atoms with E-state index in [1.165, 1.54) is 5.56 Å². The van der Waals surface area contributed by atoms with E-state index in [4.69, 9.17) is 4.74 Å². The molecule has 0 aliphatic carbocycles. The molecule has 0 aromatic heterocycles. The zero-order chi connectivity index (χ0) is 24.5. The summed E-state index contributed by atoms with van der Waals surface area (Å²) in [7, 11) is 0. The van der Waals surface area contributed by atoms with Gasteiger partial charge in [-0.3, -0.25) is 0 Å². The Morgan fingerprint density at radius 1 is 1.09 bits per heavy atom. The SMILES string of the molecule is CCNC(=O)N1CCc2c(C)c(-c3ccc(C)cc3)c([C@H](OC(C)(C)C)C(=O)O)c(C)c2C1. The highest BCUT2D eigenvalue weighted by atomic mass is 16.5. The van der Waals surface area contributed by atoms with E-state index in [0.717, 1.165) is 39.8 Å². The Balaban J connectivity index is 2.27. The molecule has 0 spiro atoms. The van der Waals surface area contributed by atoms with Gasteiger partial charge >= 0.3 is 12.0 Å².